The maximum Gasteiger partial charge on any atom is 0.244 e. The number of hydrogen-bond donors (Lipinski definition) is 0. The van der Waals surface area contributed by atoms with Crippen molar-refractivity contribution in [3.8, 4) is 0 Å². The molecular formula is C18H21FN4O3S. The summed E-state index contributed by atoms with van der Waals surface area (Å²) >= 11 is 0. The third-order valence-electron chi connectivity index (χ3n) is 4.93. The Balaban J connectivity index is 1.91. The third-order valence-corrected chi connectivity index (χ3v) is 7.05. The molecule has 9 heteroatoms. The average molecular weight is 392 g/mol. The molecule has 1 aromatic heterocycles. The van der Waals surface area contributed by atoms with E-state index in [-0.39, 0.29) is 30.5 Å². The van der Waals surface area contributed by atoms with Gasteiger partial charge in [-0.15, -0.1) is 0 Å². The van der Waals surface area contributed by atoms with E-state index < -0.39 is 21.7 Å². The number of carbonyl (C=O) groups excluding carboxylic acids is 1. The van der Waals surface area contributed by atoms with Crippen LogP contribution in [-0.4, -0.2) is 48.2 Å². The van der Waals surface area contributed by atoms with Crippen molar-refractivity contribution in [2.75, 3.05) is 24.5 Å². The molecule has 2 aromatic rings. The van der Waals surface area contributed by atoms with E-state index in [4.69, 9.17) is 0 Å². The second-order valence-corrected chi connectivity index (χ2v) is 8.55. The first-order valence-electron chi connectivity index (χ1n) is 8.48. The largest absolute Gasteiger partial charge is 0.278 e. The summed E-state index contributed by atoms with van der Waals surface area (Å²) in [7, 11) is -3.83. The highest BCUT2D eigenvalue weighted by atomic mass is 32.2. The zero-order valence-corrected chi connectivity index (χ0v) is 16.5. The molecule has 1 aliphatic rings. The highest BCUT2D eigenvalue weighted by molar-refractivity contribution is 7.89. The Morgan fingerprint density at radius 3 is 2.07 bits per heavy atom. The van der Waals surface area contributed by atoms with E-state index in [1.54, 1.807) is 13.8 Å². The first-order chi connectivity index (χ1) is 12.6. The van der Waals surface area contributed by atoms with Crippen LogP contribution in [0, 0.1) is 33.5 Å². The van der Waals surface area contributed by atoms with Crippen LogP contribution in [0.1, 0.15) is 22.3 Å². The Labute approximate surface area is 157 Å². The van der Waals surface area contributed by atoms with Crippen molar-refractivity contribution in [3.05, 3.63) is 46.5 Å². The fourth-order valence-corrected chi connectivity index (χ4v) is 5.17. The van der Waals surface area contributed by atoms with Gasteiger partial charge in [-0.1, -0.05) is 6.07 Å². The van der Waals surface area contributed by atoms with E-state index >= 15 is 0 Å². The number of nitrogens with zero attached hydrogens (tertiary/aromatic N) is 4. The molecule has 0 bridgehead atoms. The van der Waals surface area contributed by atoms with Crippen molar-refractivity contribution in [3.63, 3.8) is 0 Å². The quantitative estimate of drug-likeness (QED) is 0.797. The van der Waals surface area contributed by atoms with Crippen molar-refractivity contribution in [1.82, 2.24) is 14.3 Å². The Kier molecular flexibility index (Phi) is 5.00. The third kappa shape index (κ3) is 3.44. The van der Waals surface area contributed by atoms with Gasteiger partial charge in [0, 0.05) is 13.1 Å². The second-order valence-electron chi connectivity index (χ2n) is 6.67. The summed E-state index contributed by atoms with van der Waals surface area (Å²) in [4.78, 5) is 21.7. The van der Waals surface area contributed by atoms with Crippen molar-refractivity contribution < 1.29 is 17.6 Å². The summed E-state index contributed by atoms with van der Waals surface area (Å²) in [5.74, 6) is -0.985. The van der Waals surface area contributed by atoms with Gasteiger partial charge < -0.3 is 0 Å². The van der Waals surface area contributed by atoms with Crippen LogP contribution in [0.3, 0.4) is 0 Å². The van der Waals surface area contributed by atoms with Gasteiger partial charge in [-0.3, -0.25) is 9.69 Å². The molecule has 1 amide bonds. The number of aryl methyl sites for hydroxylation is 2. The van der Waals surface area contributed by atoms with E-state index in [0.717, 1.165) is 23.5 Å². The molecule has 2 heterocycles. The van der Waals surface area contributed by atoms with Crippen LogP contribution in [0.2, 0.25) is 0 Å². The number of hydrogen-bond acceptors (Lipinski definition) is 5. The van der Waals surface area contributed by atoms with Gasteiger partial charge in [0.2, 0.25) is 21.9 Å². The number of amides is 1. The molecule has 1 saturated heterocycles. The number of rotatable bonds is 3. The molecule has 27 heavy (non-hydrogen) atoms. The van der Waals surface area contributed by atoms with Crippen LogP contribution in [-0.2, 0) is 14.8 Å². The number of piperazine rings is 1. The SMILES string of the molecule is Cc1cc(C)c(C)c(S(=O)(=O)N2CCN(c3ncc(F)cn3)C(=O)C2)c1C. The minimum Gasteiger partial charge on any atom is -0.278 e. The summed E-state index contributed by atoms with van der Waals surface area (Å²) in [6.07, 6.45) is 1.95. The van der Waals surface area contributed by atoms with Gasteiger partial charge in [0.15, 0.2) is 5.82 Å². The molecule has 7 nitrogen and oxygen atoms in total. The zero-order valence-electron chi connectivity index (χ0n) is 15.7. The van der Waals surface area contributed by atoms with E-state index in [2.05, 4.69) is 9.97 Å². The molecule has 0 spiro atoms. The van der Waals surface area contributed by atoms with Gasteiger partial charge in [-0.25, -0.2) is 22.8 Å². The first kappa shape index (κ1) is 19.4. The van der Waals surface area contributed by atoms with Gasteiger partial charge in [0.25, 0.3) is 0 Å². The lowest BCUT2D eigenvalue weighted by Crippen LogP contribution is -2.53. The molecule has 0 unspecified atom stereocenters. The summed E-state index contributed by atoms with van der Waals surface area (Å²) in [5, 5.41) is 0. The van der Waals surface area contributed by atoms with E-state index in [9.17, 15) is 17.6 Å². The summed E-state index contributed by atoms with van der Waals surface area (Å²) in [6.45, 7) is 7.20. The second kappa shape index (κ2) is 6.97. The minimum absolute atomic E-state index is 0.0669. The predicted octanol–water partition coefficient (Wildman–Crippen LogP) is 1.89. The lowest BCUT2D eigenvalue weighted by atomic mass is 10.0. The molecule has 1 aromatic carbocycles. The number of benzene rings is 1. The molecule has 3 rings (SSSR count). The maximum atomic E-state index is 13.2. The minimum atomic E-state index is -3.83. The van der Waals surface area contributed by atoms with Gasteiger partial charge in [-0.2, -0.15) is 4.31 Å². The molecule has 1 fully saturated rings. The molecule has 0 saturated carbocycles. The molecule has 0 aliphatic carbocycles. The summed E-state index contributed by atoms with van der Waals surface area (Å²) in [5.41, 5.74) is 3.16. The summed E-state index contributed by atoms with van der Waals surface area (Å²) < 4.78 is 40.6. The van der Waals surface area contributed by atoms with Crippen LogP contribution in [0.25, 0.3) is 0 Å². The Hall–Kier alpha value is -2.39. The topological polar surface area (TPSA) is 83.5 Å². The number of carbonyl (C=O) groups is 1. The zero-order chi connectivity index (χ0) is 19.9. The number of sulfonamides is 1. The smallest absolute Gasteiger partial charge is 0.244 e. The Morgan fingerprint density at radius 2 is 1.56 bits per heavy atom. The Bertz CT molecular complexity index is 980. The molecule has 0 radical (unpaired) electrons. The van der Waals surface area contributed by atoms with E-state index in [1.807, 2.05) is 19.9 Å². The molecule has 0 atom stereocenters. The molecule has 0 N–H and O–H groups in total. The van der Waals surface area contributed by atoms with Gasteiger partial charge >= 0.3 is 0 Å². The first-order valence-corrected chi connectivity index (χ1v) is 9.92. The highest BCUT2D eigenvalue weighted by Crippen LogP contribution is 2.29. The van der Waals surface area contributed by atoms with Crippen LogP contribution in [0.5, 0.6) is 0 Å². The van der Waals surface area contributed by atoms with Crippen molar-refractivity contribution in [2.45, 2.75) is 32.6 Å². The number of aromatic nitrogens is 2. The van der Waals surface area contributed by atoms with E-state index in [1.165, 1.54) is 9.21 Å². The summed E-state index contributed by atoms with van der Waals surface area (Å²) in [6, 6.07) is 1.96. The van der Waals surface area contributed by atoms with Crippen LogP contribution in [0.4, 0.5) is 10.3 Å². The number of anilines is 1. The van der Waals surface area contributed by atoms with Crippen LogP contribution in [0.15, 0.2) is 23.4 Å². The number of halogens is 1. The highest BCUT2D eigenvalue weighted by Gasteiger charge is 2.36. The molecule has 144 valence electrons. The van der Waals surface area contributed by atoms with Crippen molar-refractivity contribution in [2.24, 2.45) is 0 Å². The molecule has 1 aliphatic heterocycles. The van der Waals surface area contributed by atoms with Crippen molar-refractivity contribution in [1.29, 1.82) is 0 Å². The van der Waals surface area contributed by atoms with E-state index in [0.29, 0.717) is 11.1 Å². The normalized spacial score (nSPS) is 16.0. The Morgan fingerprint density at radius 1 is 1.00 bits per heavy atom. The fourth-order valence-electron chi connectivity index (χ4n) is 3.21. The average Bonchev–Trinajstić information content (AvgIpc) is 2.61. The fraction of sp³-hybridized carbons (Fsp3) is 0.389. The standard InChI is InChI=1S/C18H21FN4O3S/c1-11-7-12(2)14(4)17(13(11)3)27(25,26)22-5-6-23(16(24)10-22)18-20-8-15(19)9-21-18/h7-9H,5-6,10H2,1-4H3. The van der Waals surface area contributed by atoms with Crippen molar-refractivity contribution >= 4 is 21.9 Å². The monoisotopic (exact) mass is 392 g/mol. The van der Waals surface area contributed by atoms with Crippen LogP contribution >= 0.6 is 0 Å². The lowest BCUT2D eigenvalue weighted by Gasteiger charge is -2.33. The van der Waals surface area contributed by atoms with Gasteiger partial charge in [-0.05, 0) is 49.9 Å². The van der Waals surface area contributed by atoms with Gasteiger partial charge in [0.05, 0.1) is 23.8 Å². The van der Waals surface area contributed by atoms with Crippen LogP contribution < -0.4 is 4.90 Å². The maximum absolute atomic E-state index is 13.2. The molecular weight excluding hydrogens is 371 g/mol. The van der Waals surface area contributed by atoms with Gasteiger partial charge in [0.1, 0.15) is 0 Å². The lowest BCUT2D eigenvalue weighted by molar-refractivity contribution is -0.120. The predicted molar refractivity (Wildman–Crippen MR) is 98.5 cm³/mol.